The summed E-state index contributed by atoms with van der Waals surface area (Å²) in [6.07, 6.45) is 0. The third-order valence-electron chi connectivity index (χ3n) is 2.72. The van der Waals surface area contributed by atoms with Crippen LogP contribution in [0.25, 0.3) is 11.4 Å². The first-order chi connectivity index (χ1) is 8.86. The number of sulfonamides is 1. The molecule has 8 heteroatoms. The van der Waals surface area contributed by atoms with Crippen LogP contribution in [-0.4, -0.2) is 23.2 Å². The van der Waals surface area contributed by atoms with E-state index in [1.165, 1.54) is 4.57 Å². The summed E-state index contributed by atoms with van der Waals surface area (Å²) in [4.78, 5) is 0. The molecule has 0 atom stereocenters. The van der Waals surface area contributed by atoms with Crippen LogP contribution in [0.3, 0.4) is 0 Å². The number of aromatic nitrogens is 3. The van der Waals surface area contributed by atoms with E-state index in [1.54, 1.807) is 13.0 Å². The lowest BCUT2D eigenvalue weighted by molar-refractivity contribution is 0.571. The Balaban J connectivity index is 2.71. The summed E-state index contributed by atoms with van der Waals surface area (Å²) in [5, 5.41) is 12.9. The highest BCUT2D eigenvalue weighted by atomic mass is 35.5. The van der Waals surface area contributed by atoms with Gasteiger partial charge < -0.3 is 0 Å². The van der Waals surface area contributed by atoms with Crippen molar-refractivity contribution in [2.45, 2.75) is 25.5 Å². The Morgan fingerprint density at radius 2 is 2.05 bits per heavy atom. The van der Waals surface area contributed by atoms with Gasteiger partial charge in [-0.05, 0) is 25.5 Å². The Bertz CT molecular complexity index is 724. The van der Waals surface area contributed by atoms with Crippen LogP contribution in [0, 0.1) is 6.92 Å². The van der Waals surface area contributed by atoms with E-state index in [2.05, 4.69) is 10.2 Å². The van der Waals surface area contributed by atoms with Gasteiger partial charge in [0.2, 0.25) is 0 Å². The number of hydrogen-bond donors (Lipinski definition) is 1. The summed E-state index contributed by atoms with van der Waals surface area (Å²) in [5.74, 6) is 0.389. The van der Waals surface area contributed by atoms with Gasteiger partial charge in [-0.25, -0.2) is 13.6 Å². The van der Waals surface area contributed by atoms with Gasteiger partial charge in [-0.2, -0.15) is 0 Å². The minimum atomic E-state index is -3.91. The number of nitrogens with zero attached hydrogens (tertiary/aromatic N) is 3. The van der Waals surface area contributed by atoms with Gasteiger partial charge in [0.15, 0.2) is 5.82 Å². The van der Waals surface area contributed by atoms with Crippen LogP contribution < -0.4 is 5.14 Å². The molecule has 2 N–H and O–H groups in total. The van der Waals surface area contributed by atoms with Crippen molar-refractivity contribution in [3.63, 3.8) is 0 Å². The van der Waals surface area contributed by atoms with E-state index in [4.69, 9.17) is 16.7 Å². The standard InChI is InChI=1S/C11H13ClN4O2S/c1-3-16-10(14-15-11(16)19(13,17)18)8-6-4-5-7(2)9(8)12/h4-6H,3H2,1-2H3,(H2,13,17,18). The lowest BCUT2D eigenvalue weighted by Gasteiger charge is -2.08. The molecular formula is C11H13ClN4O2S. The maximum absolute atomic E-state index is 11.4. The quantitative estimate of drug-likeness (QED) is 0.931. The van der Waals surface area contributed by atoms with Crippen LogP contribution in [0.15, 0.2) is 23.4 Å². The molecule has 1 aromatic carbocycles. The number of hydrogen-bond acceptors (Lipinski definition) is 4. The number of halogens is 1. The van der Waals surface area contributed by atoms with E-state index in [1.807, 2.05) is 19.1 Å². The van der Waals surface area contributed by atoms with Crippen molar-refractivity contribution in [3.8, 4) is 11.4 Å². The fourth-order valence-corrected chi connectivity index (χ4v) is 2.69. The van der Waals surface area contributed by atoms with Crippen molar-refractivity contribution in [2.75, 3.05) is 0 Å². The highest BCUT2D eigenvalue weighted by molar-refractivity contribution is 7.89. The molecule has 0 spiro atoms. The Hall–Kier alpha value is -1.44. The molecule has 0 radical (unpaired) electrons. The van der Waals surface area contributed by atoms with Crippen LogP contribution >= 0.6 is 11.6 Å². The summed E-state index contributed by atoms with van der Waals surface area (Å²) in [6, 6.07) is 5.44. The SMILES string of the molecule is CCn1c(-c2cccc(C)c2Cl)nnc1S(N)(=O)=O. The van der Waals surface area contributed by atoms with Gasteiger partial charge in [0.1, 0.15) is 0 Å². The number of benzene rings is 1. The lowest BCUT2D eigenvalue weighted by Crippen LogP contribution is -2.18. The fraction of sp³-hybridized carbons (Fsp3) is 0.273. The van der Waals surface area contributed by atoms with Gasteiger partial charge in [-0.3, -0.25) is 4.57 Å². The average molecular weight is 301 g/mol. The van der Waals surface area contributed by atoms with Gasteiger partial charge in [0.25, 0.3) is 15.2 Å². The molecule has 0 bridgehead atoms. The second-order valence-electron chi connectivity index (χ2n) is 4.03. The predicted molar refractivity (Wildman–Crippen MR) is 72.3 cm³/mol. The molecule has 1 heterocycles. The molecule has 0 fully saturated rings. The van der Waals surface area contributed by atoms with Gasteiger partial charge in [-0.15, -0.1) is 10.2 Å². The van der Waals surface area contributed by atoms with E-state index in [0.717, 1.165) is 5.56 Å². The number of nitrogens with two attached hydrogens (primary N) is 1. The summed E-state index contributed by atoms with van der Waals surface area (Å²) in [6.45, 7) is 4.02. The van der Waals surface area contributed by atoms with Crippen molar-refractivity contribution in [3.05, 3.63) is 28.8 Å². The van der Waals surface area contributed by atoms with Crippen LogP contribution in [0.1, 0.15) is 12.5 Å². The van der Waals surface area contributed by atoms with Crippen molar-refractivity contribution in [2.24, 2.45) is 5.14 Å². The van der Waals surface area contributed by atoms with E-state index < -0.39 is 10.0 Å². The summed E-state index contributed by atoms with van der Waals surface area (Å²) in [7, 11) is -3.91. The highest BCUT2D eigenvalue weighted by Crippen LogP contribution is 2.30. The first kappa shape index (κ1) is 14.0. The number of aryl methyl sites for hydroxylation is 1. The molecule has 0 saturated carbocycles. The van der Waals surface area contributed by atoms with E-state index in [-0.39, 0.29) is 5.16 Å². The molecule has 6 nitrogen and oxygen atoms in total. The zero-order chi connectivity index (χ0) is 14.2. The maximum atomic E-state index is 11.4. The van der Waals surface area contributed by atoms with Crippen molar-refractivity contribution >= 4 is 21.6 Å². The zero-order valence-electron chi connectivity index (χ0n) is 10.5. The molecule has 0 saturated heterocycles. The summed E-state index contributed by atoms with van der Waals surface area (Å²) in [5.41, 5.74) is 1.51. The number of primary sulfonamides is 1. The lowest BCUT2D eigenvalue weighted by atomic mass is 10.1. The fourth-order valence-electron chi connectivity index (χ4n) is 1.80. The molecule has 0 aliphatic heterocycles. The Morgan fingerprint density at radius 3 is 2.63 bits per heavy atom. The van der Waals surface area contributed by atoms with Crippen molar-refractivity contribution in [1.82, 2.24) is 14.8 Å². The first-order valence-electron chi connectivity index (χ1n) is 5.57. The molecule has 0 aliphatic carbocycles. The molecular weight excluding hydrogens is 288 g/mol. The smallest absolute Gasteiger partial charge is 0.273 e. The highest BCUT2D eigenvalue weighted by Gasteiger charge is 2.22. The molecule has 19 heavy (non-hydrogen) atoms. The third-order valence-corrected chi connectivity index (χ3v) is 4.03. The Morgan fingerprint density at radius 1 is 1.37 bits per heavy atom. The number of rotatable bonds is 3. The largest absolute Gasteiger partial charge is 0.297 e. The van der Waals surface area contributed by atoms with Gasteiger partial charge in [0.05, 0.1) is 5.02 Å². The molecule has 0 amide bonds. The predicted octanol–water partition coefficient (Wildman–Crippen LogP) is 1.57. The van der Waals surface area contributed by atoms with E-state index in [9.17, 15) is 8.42 Å². The minimum Gasteiger partial charge on any atom is -0.297 e. The van der Waals surface area contributed by atoms with Crippen LogP contribution in [0.5, 0.6) is 0 Å². The maximum Gasteiger partial charge on any atom is 0.273 e. The summed E-state index contributed by atoms with van der Waals surface area (Å²) < 4.78 is 24.3. The van der Waals surface area contributed by atoms with Gasteiger partial charge >= 0.3 is 0 Å². The molecule has 2 rings (SSSR count). The van der Waals surface area contributed by atoms with Gasteiger partial charge in [0, 0.05) is 12.1 Å². The van der Waals surface area contributed by atoms with Crippen LogP contribution in [0.2, 0.25) is 5.02 Å². The normalized spacial score (nSPS) is 11.8. The molecule has 2 aromatic rings. The Labute approximate surface area is 116 Å². The Kier molecular flexibility index (Phi) is 3.62. The average Bonchev–Trinajstić information content (AvgIpc) is 2.76. The van der Waals surface area contributed by atoms with Crippen molar-refractivity contribution in [1.29, 1.82) is 0 Å². The van der Waals surface area contributed by atoms with E-state index >= 15 is 0 Å². The second-order valence-corrected chi connectivity index (χ2v) is 5.87. The zero-order valence-corrected chi connectivity index (χ0v) is 12.0. The summed E-state index contributed by atoms with van der Waals surface area (Å²) >= 11 is 6.22. The van der Waals surface area contributed by atoms with Crippen LogP contribution in [-0.2, 0) is 16.6 Å². The molecule has 1 aromatic heterocycles. The first-order valence-corrected chi connectivity index (χ1v) is 7.50. The van der Waals surface area contributed by atoms with Gasteiger partial charge in [-0.1, -0.05) is 23.7 Å². The van der Waals surface area contributed by atoms with Crippen LogP contribution in [0.4, 0.5) is 0 Å². The minimum absolute atomic E-state index is 0.262. The van der Waals surface area contributed by atoms with Crippen molar-refractivity contribution < 1.29 is 8.42 Å². The molecule has 0 aliphatic rings. The van der Waals surface area contributed by atoms with E-state index in [0.29, 0.717) is 23.0 Å². The molecule has 0 unspecified atom stereocenters. The molecule has 102 valence electrons. The third kappa shape index (κ3) is 2.49. The topological polar surface area (TPSA) is 90.9 Å². The second kappa shape index (κ2) is 4.92. The monoisotopic (exact) mass is 300 g/mol.